The van der Waals surface area contributed by atoms with Crippen molar-refractivity contribution in [3.8, 4) is 0 Å². The number of aliphatic hydroxyl groups excluding tert-OH is 1. The number of hydrogen-bond donors (Lipinski definition) is 2. The van der Waals surface area contributed by atoms with E-state index in [0.29, 0.717) is 12.1 Å². The van der Waals surface area contributed by atoms with Gasteiger partial charge in [-0.2, -0.15) is 5.10 Å². The van der Waals surface area contributed by atoms with Gasteiger partial charge in [-0.25, -0.2) is 0 Å². The number of nitrogens with zero attached hydrogens (tertiary/aromatic N) is 3. The minimum Gasteiger partial charge on any atom is -0.392 e. The minimum absolute atomic E-state index is 0.00975. The predicted molar refractivity (Wildman–Crippen MR) is 81.3 cm³/mol. The Bertz CT molecular complexity index is 472. The van der Waals surface area contributed by atoms with E-state index in [1.807, 2.05) is 6.92 Å². The van der Waals surface area contributed by atoms with Crippen molar-refractivity contribution in [2.24, 2.45) is 0 Å². The van der Waals surface area contributed by atoms with Gasteiger partial charge in [-0.15, -0.1) is 0 Å². The highest BCUT2D eigenvalue weighted by Gasteiger charge is 2.27. The lowest BCUT2D eigenvalue weighted by atomic mass is 9.92. The summed E-state index contributed by atoms with van der Waals surface area (Å²) in [4.78, 5) is 16.1. The highest BCUT2D eigenvalue weighted by molar-refractivity contribution is 5.94. The number of likely N-dealkylation sites (tertiary alicyclic amines) is 1. The number of nitrogens with one attached hydrogen (secondary N) is 1. The molecule has 2 heterocycles. The number of amides is 1. The maximum Gasteiger partial charge on any atom is 0.256 e. The number of H-pyrrole nitrogens is 1. The van der Waals surface area contributed by atoms with Crippen LogP contribution in [0.25, 0.3) is 0 Å². The fraction of sp³-hybridized carbons (Fsp3) is 0.733. The summed E-state index contributed by atoms with van der Waals surface area (Å²) >= 11 is 0. The van der Waals surface area contributed by atoms with Gasteiger partial charge in [0.2, 0.25) is 0 Å². The molecule has 0 aromatic carbocycles. The first-order valence-corrected chi connectivity index (χ1v) is 7.68. The fourth-order valence-electron chi connectivity index (χ4n) is 2.90. The summed E-state index contributed by atoms with van der Waals surface area (Å²) in [6.45, 7) is 4.58. The second kappa shape index (κ2) is 7.04. The zero-order chi connectivity index (χ0) is 15.4. The molecule has 2 rings (SSSR count). The van der Waals surface area contributed by atoms with E-state index < -0.39 is 0 Å². The lowest BCUT2D eigenvalue weighted by molar-refractivity contribution is 0.0817. The van der Waals surface area contributed by atoms with Crippen LogP contribution < -0.4 is 0 Å². The fourth-order valence-corrected chi connectivity index (χ4v) is 2.90. The quantitative estimate of drug-likeness (QED) is 0.852. The van der Waals surface area contributed by atoms with E-state index in [1.165, 1.54) is 0 Å². The molecular formula is C15H26N4O2. The Labute approximate surface area is 126 Å². The molecule has 21 heavy (non-hydrogen) atoms. The van der Waals surface area contributed by atoms with Crippen molar-refractivity contribution in [1.29, 1.82) is 0 Å². The van der Waals surface area contributed by atoms with Gasteiger partial charge in [-0.3, -0.25) is 9.89 Å². The Hall–Kier alpha value is -1.40. The van der Waals surface area contributed by atoms with Gasteiger partial charge in [0.05, 0.1) is 23.6 Å². The number of aromatic nitrogens is 2. The van der Waals surface area contributed by atoms with Crippen LogP contribution in [0.1, 0.15) is 48.2 Å². The molecule has 1 amide bonds. The van der Waals surface area contributed by atoms with Crippen molar-refractivity contribution in [1.82, 2.24) is 20.0 Å². The number of rotatable bonds is 5. The van der Waals surface area contributed by atoms with Crippen molar-refractivity contribution in [2.75, 3.05) is 33.7 Å². The summed E-state index contributed by atoms with van der Waals surface area (Å²) in [6, 6.07) is 0. The molecule has 2 N–H and O–H groups in total. The van der Waals surface area contributed by atoms with Crippen LogP contribution in [0.4, 0.5) is 0 Å². The van der Waals surface area contributed by atoms with Crippen molar-refractivity contribution in [3.05, 3.63) is 17.5 Å². The lowest BCUT2D eigenvalue weighted by Crippen LogP contribution is -2.39. The molecule has 0 radical (unpaired) electrons. The molecule has 1 aromatic heterocycles. The van der Waals surface area contributed by atoms with Crippen molar-refractivity contribution >= 4 is 5.91 Å². The standard InChI is InChI=1S/C15H26N4O2/c1-4-12(20)10-19-7-5-6-11(9-19)14-13(8-16-17-14)15(21)18(2)3/h8,11-12,20H,4-7,9-10H2,1-3H3,(H,16,17)/t11?,12-/m0/s1. The van der Waals surface area contributed by atoms with Gasteiger partial charge in [-0.1, -0.05) is 6.92 Å². The van der Waals surface area contributed by atoms with E-state index in [2.05, 4.69) is 15.1 Å². The van der Waals surface area contributed by atoms with E-state index >= 15 is 0 Å². The molecule has 1 aromatic rings. The number of carbonyl (C=O) groups excluding carboxylic acids is 1. The molecule has 6 heteroatoms. The highest BCUT2D eigenvalue weighted by atomic mass is 16.3. The molecular weight excluding hydrogens is 268 g/mol. The zero-order valence-electron chi connectivity index (χ0n) is 13.2. The van der Waals surface area contributed by atoms with Crippen LogP contribution in [0, 0.1) is 0 Å². The van der Waals surface area contributed by atoms with Crippen LogP contribution in [0.15, 0.2) is 6.20 Å². The molecule has 2 atom stereocenters. The second-order valence-electron chi connectivity index (χ2n) is 6.06. The number of hydrogen-bond acceptors (Lipinski definition) is 4. The third kappa shape index (κ3) is 3.83. The monoisotopic (exact) mass is 294 g/mol. The first-order valence-electron chi connectivity index (χ1n) is 7.68. The predicted octanol–water partition coefficient (Wildman–Crippen LogP) is 1.06. The van der Waals surface area contributed by atoms with Crippen molar-refractivity contribution in [2.45, 2.75) is 38.2 Å². The van der Waals surface area contributed by atoms with Crippen LogP contribution in [0.5, 0.6) is 0 Å². The Morgan fingerprint density at radius 3 is 3.05 bits per heavy atom. The molecule has 0 aliphatic carbocycles. The van der Waals surface area contributed by atoms with Crippen LogP contribution in [0.2, 0.25) is 0 Å². The normalized spacial score (nSPS) is 21.2. The minimum atomic E-state index is -0.270. The first-order chi connectivity index (χ1) is 10.0. The topological polar surface area (TPSA) is 72.5 Å². The number of carbonyl (C=O) groups is 1. The first kappa shape index (κ1) is 16.0. The van der Waals surface area contributed by atoms with Crippen LogP contribution in [-0.4, -0.2) is 70.8 Å². The summed E-state index contributed by atoms with van der Waals surface area (Å²) in [5.41, 5.74) is 1.60. The Balaban J connectivity index is 2.08. The second-order valence-corrected chi connectivity index (χ2v) is 6.06. The van der Waals surface area contributed by atoms with E-state index in [-0.39, 0.29) is 17.9 Å². The molecule has 1 aliphatic rings. The lowest BCUT2D eigenvalue weighted by Gasteiger charge is -2.33. The number of piperidine rings is 1. The number of β-amino-alcohol motifs (C(OH)–C–C–N with tert-alkyl or cyclic N) is 1. The van der Waals surface area contributed by atoms with E-state index in [1.54, 1.807) is 25.2 Å². The van der Waals surface area contributed by atoms with E-state index in [0.717, 1.165) is 38.0 Å². The highest BCUT2D eigenvalue weighted by Crippen LogP contribution is 2.28. The van der Waals surface area contributed by atoms with Gasteiger partial charge in [-0.05, 0) is 25.8 Å². The summed E-state index contributed by atoms with van der Waals surface area (Å²) in [5.74, 6) is 0.272. The summed E-state index contributed by atoms with van der Waals surface area (Å²) < 4.78 is 0. The molecule has 0 bridgehead atoms. The summed E-state index contributed by atoms with van der Waals surface area (Å²) in [6.07, 6.45) is 4.26. The van der Waals surface area contributed by atoms with Gasteiger partial charge in [0.25, 0.3) is 5.91 Å². The van der Waals surface area contributed by atoms with E-state index in [9.17, 15) is 9.90 Å². The van der Waals surface area contributed by atoms with E-state index in [4.69, 9.17) is 0 Å². The maximum absolute atomic E-state index is 12.2. The third-order valence-electron chi connectivity index (χ3n) is 4.16. The van der Waals surface area contributed by atoms with Crippen molar-refractivity contribution in [3.63, 3.8) is 0 Å². The van der Waals surface area contributed by atoms with Gasteiger partial charge in [0, 0.05) is 33.1 Å². The van der Waals surface area contributed by atoms with Crippen LogP contribution in [0.3, 0.4) is 0 Å². The zero-order valence-corrected chi connectivity index (χ0v) is 13.2. The number of aromatic amines is 1. The van der Waals surface area contributed by atoms with Gasteiger partial charge < -0.3 is 14.9 Å². The molecule has 118 valence electrons. The van der Waals surface area contributed by atoms with Gasteiger partial charge in [0.1, 0.15) is 0 Å². The SMILES string of the molecule is CC[C@H](O)CN1CCCC(c2[nH]ncc2C(=O)N(C)C)C1. The molecule has 1 aliphatic heterocycles. The average molecular weight is 294 g/mol. The molecule has 1 saturated heterocycles. The van der Waals surface area contributed by atoms with Gasteiger partial charge >= 0.3 is 0 Å². The molecule has 6 nitrogen and oxygen atoms in total. The van der Waals surface area contributed by atoms with Gasteiger partial charge in [0.15, 0.2) is 0 Å². The summed E-state index contributed by atoms with van der Waals surface area (Å²) in [5, 5.41) is 16.9. The molecule has 1 unspecified atom stereocenters. The average Bonchev–Trinajstić information content (AvgIpc) is 2.95. The molecule has 0 spiro atoms. The molecule has 0 saturated carbocycles. The largest absolute Gasteiger partial charge is 0.392 e. The Morgan fingerprint density at radius 2 is 2.38 bits per heavy atom. The molecule has 1 fully saturated rings. The third-order valence-corrected chi connectivity index (χ3v) is 4.16. The van der Waals surface area contributed by atoms with Crippen LogP contribution >= 0.6 is 0 Å². The maximum atomic E-state index is 12.2. The van der Waals surface area contributed by atoms with Crippen LogP contribution in [-0.2, 0) is 0 Å². The van der Waals surface area contributed by atoms with Crippen molar-refractivity contribution < 1.29 is 9.90 Å². The Kier molecular flexibility index (Phi) is 5.36. The Morgan fingerprint density at radius 1 is 1.62 bits per heavy atom. The number of aliphatic hydroxyl groups is 1. The smallest absolute Gasteiger partial charge is 0.256 e. The summed E-state index contributed by atoms with van der Waals surface area (Å²) in [7, 11) is 3.51.